The number of nitrogens with zero attached hydrogens (tertiary/aromatic N) is 1. The van der Waals surface area contributed by atoms with Gasteiger partial charge >= 0.3 is 6.03 Å². The Hall–Kier alpha value is -1.34. The molecule has 4 amide bonds. The molecule has 1 heterocycles. The lowest BCUT2D eigenvalue weighted by Gasteiger charge is -2.40. The highest BCUT2D eigenvalue weighted by Gasteiger charge is 2.53. The highest BCUT2D eigenvalue weighted by Crippen LogP contribution is 2.43. The van der Waals surface area contributed by atoms with E-state index in [1.807, 2.05) is 0 Å². The zero-order valence-corrected chi connectivity index (χ0v) is 15.5. The van der Waals surface area contributed by atoms with Gasteiger partial charge in [0.05, 0.1) is 0 Å². The molecule has 2 aliphatic rings. The summed E-state index contributed by atoms with van der Waals surface area (Å²) >= 11 is 0. The van der Waals surface area contributed by atoms with Gasteiger partial charge in [0, 0.05) is 13.1 Å². The predicted molar refractivity (Wildman–Crippen MR) is 93.7 cm³/mol. The quantitative estimate of drug-likeness (QED) is 0.651. The van der Waals surface area contributed by atoms with E-state index in [9.17, 15) is 14.4 Å². The molecule has 2 rings (SSSR count). The van der Waals surface area contributed by atoms with Crippen molar-refractivity contribution in [2.45, 2.75) is 52.0 Å². The van der Waals surface area contributed by atoms with Crippen molar-refractivity contribution < 1.29 is 14.4 Å². The van der Waals surface area contributed by atoms with Crippen LogP contribution in [-0.4, -0.2) is 47.9 Å². The van der Waals surface area contributed by atoms with Crippen molar-refractivity contribution in [1.82, 2.24) is 15.5 Å². The molecule has 1 aliphatic heterocycles. The third-order valence-corrected chi connectivity index (χ3v) is 5.08. The monoisotopic (exact) mass is 360 g/mol. The lowest BCUT2D eigenvalue weighted by atomic mass is 9.67. The molecule has 138 valence electrons. The lowest BCUT2D eigenvalue weighted by Crippen LogP contribution is -2.51. The van der Waals surface area contributed by atoms with Crippen molar-refractivity contribution in [3.63, 3.8) is 0 Å². The highest BCUT2D eigenvalue weighted by molar-refractivity contribution is 6.09. The highest BCUT2D eigenvalue weighted by atomic mass is 35.5. The summed E-state index contributed by atoms with van der Waals surface area (Å²) in [7, 11) is 0. The maximum absolute atomic E-state index is 12.7. The number of nitrogens with one attached hydrogen (secondary N) is 2. The molecule has 0 unspecified atom stereocenters. The van der Waals surface area contributed by atoms with Gasteiger partial charge in [-0.15, -0.1) is 12.4 Å². The molecule has 0 bridgehead atoms. The summed E-state index contributed by atoms with van der Waals surface area (Å²) in [6, 6.07) is -0.466. The van der Waals surface area contributed by atoms with E-state index in [1.54, 1.807) is 0 Å². The number of carbonyl (C=O) groups excluding carboxylic acids is 3. The number of hydrogen-bond donors (Lipinski definition) is 3. The molecular weight excluding hydrogens is 332 g/mol. The molecule has 0 aromatic rings. The van der Waals surface area contributed by atoms with Crippen LogP contribution in [0.1, 0.15) is 46.5 Å². The van der Waals surface area contributed by atoms with Gasteiger partial charge < -0.3 is 16.4 Å². The topological polar surface area (TPSA) is 105 Å². The number of carbonyl (C=O) groups is 3. The minimum Gasteiger partial charge on any atom is -0.353 e. The number of nitrogens with two attached hydrogens (primary N) is 1. The van der Waals surface area contributed by atoms with Crippen LogP contribution in [0.5, 0.6) is 0 Å². The van der Waals surface area contributed by atoms with Gasteiger partial charge in [0.2, 0.25) is 5.91 Å². The van der Waals surface area contributed by atoms with Gasteiger partial charge in [0.1, 0.15) is 12.1 Å². The largest absolute Gasteiger partial charge is 0.353 e. The van der Waals surface area contributed by atoms with Crippen molar-refractivity contribution in [3.8, 4) is 0 Å². The number of amides is 4. The number of imide groups is 1. The summed E-state index contributed by atoms with van der Waals surface area (Å²) in [6.45, 7) is 7.04. The van der Waals surface area contributed by atoms with Crippen LogP contribution in [0.4, 0.5) is 4.79 Å². The third-order valence-electron chi connectivity index (χ3n) is 5.08. The average Bonchev–Trinajstić information content (AvgIpc) is 2.69. The SMILES string of the molecule is CC(C)(C)C1CCC2(CC1)NC(=O)N(CC(=O)NCCN)C2=O.Cl. The second-order valence-corrected chi connectivity index (χ2v) is 7.68. The fraction of sp³-hybridized carbons (Fsp3) is 0.812. The van der Waals surface area contributed by atoms with Crippen molar-refractivity contribution in [1.29, 1.82) is 0 Å². The Morgan fingerprint density at radius 1 is 1.33 bits per heavy atom. The lowest BCUT2D eigenvalue weighted by molar-refractivity contribution is -0.136. The minimum atomic E-state index is -0.813. The van der Waals surface area contributed by atoms with E-state index in [-0.39, 0.29) is 36.2 Å². The van der Waals surface area contributed by atoms with Crippen LogP contribution in [0, 0.1) is 11.3 Å². The van der Waals surface area contributed by atoms with Gasteiger partial charge in [-0.3, -0.25) is 14.5 Å². The molecule has 8 heteroatoms. The third kappa shape index (κ3) is 4.19. The molecule has 0 radical (unpaired) electrons. The minimum absolute atomic E-state index is 0. The van der Waals surface area contributed by atoms with Crippen LogP contribution in [-0.2, 0) is 9.59 Å². The molecule has 1 aliphatic carbocycles. The summed E-state index contributed by atoms with van der Waals surface area (Å²) in [5.74, 6) is -0.0862. The molecule has 4 N–H and O–H groups in total. The maximum Gasteiger partial charge on any atom is 0.325 e. The Morgan fingerprint density at radius 3 is 2.42 bits per heavy atom. The van der Waals surface area contributed by atoms with Gasteiger partial charge in [0.25, 0.3) is 5.91 Å². The average molecular weight is 361 g/mol. The van der Waals surface area contributed by atoms with E-state index < -0.39 is 11.6 Å². The van der Waals surface area contributed by atoms with E-state index in [2.05, 4.69) is 31.4 Å². The molecule has 0 aromatic carbocycles. The van der Waals surface area contributed by atoms with Gasteiger partial charge in [-0.05, 0) is 37.0 Å². The smallest absolute Gasteiger partial charge is 0.325 e. The first-order valence-corrected chi connectivity index (χ1v) is 8.30. The first-order valence-electron chi connectivity index (χ1n) is 8.30. The molecule has 24 heavy (non-hydrogen) atoms. The standard InChI is InChI=1S/C16H28N4O3.ClH/c1-15(2,3)11-4-6-16(7-5-11)13(22)20(14(23)19-16)10-12(21)18-9-8-17;/h11H,4-10,17H2,1-3H3,(H,18,21)(H,19,23);1H. The van der Waals surface area contributed by atoms with Gasteiger partial charge in [-0.25, -0.2) is 4.79 Å². The second kappa shape index (κ2) is 7.70. The number of halogens is 1. The Labute approximate surface area is 149 Å². The summed E-state index contributed by atoms with van der Waals surface area (Å²) < 4.78 is 0. The molecule has 2 fully saturated rings. The molecule has 1 saturated carbocycles. The number of urea groups is 1. The Kier molecular flexibility index (Phi) is 6.64. The molecule has 7 nitrogen and oxygen atoms in total. The zero-order valence-electron chi connectivity index (χ0n) is 14.7. The molecule has 0 aromatic heterocycles. The summed E-state index contributed by atoms with van der Waals surface area (Å²) in [5.41, 5.74) is 4.72. The Bertz CT molecular complexity index is 496. The van der Waals surface area contributed by atoms with Crippen molar-refractivity contribution in [2.75, 3.05) is 19.6 Å². The second-order valence-electron chi connectivity index (χ2n) is 7.68. The predicted octanol–water partition coefficient (Wildman–Crippen LogP) is 1.01. The Morgan fingerprint density at radius 2 is 1.92 bits per heavy atom. The van der Waals surface area contributed by atoms with Gasteiger partial charge in [-0.1, -0.05) is 20.8 Å². The van der Waals surface area contributed by atoms with Crippen LogP contribution in [0.25, 0.3) is 0 Å². The fourth-order valence-electron chi connectivity index (χ4n) is 3.55. The van der Waals surface area contributed by atoms with Crippen molar-refractivity contribution in [2.24, 2.45) is 17.1 Å². The van der Waals surface area contributed by atoms with E-state index in [0.29, 0.717) is 31.8 Å². The van der Waals surface area contributed by atoms with Gasteiger partial charge in [0.15, 0.2) is 0 Å². The Balaban J connectivity index is 0.00000288. The van der Waals surface area contributed by atoms with Crippen LogP contribution in [0.3, 0.4) is 0 Å². The molecule has 1 saturated heterocycles. The molecule has 0 atom stereocenters. The van der Waals surface area contributed by atoms with E-state index in [1.165, 1.54) is 0 Å². The van der Waals surface area contributed by atoms with Crippen molar-refractivity contribution >= 4 is 30.3 Å². The van der Waals surface area contributed by atoms with Crippen LogP contribution in [0.2, 0.25) is 0 Å². The maximum atomic E-state index is 12.7. The van der Waals surface area contributed by atoms with Crippen LogP contribution >= 0.6 is 12.4 Å². The zero-order chi connectivity index (χ0) is 17.3. The first kappa shape index (κ1) is 20.7. The van der Waals surface area contributed by atoms with E-state index in [4.69, 9.17) is 5.73 Å². The van der Waals surface area contributed by atoms with Crippen LogP contribution < -0.4 is 16.4 Å². The molecular formula is C16H29ClN4O3. The fourth-order valence-corrected chi connectivity index (χ4v) is 3.55. The van der Waals surface area contributed by atoms with E-state index in [0.717, 1.165) is 17.7 Å². The van der Waals surface area contributed by atoms with Gasteiger partial charge in [-0.2, -0.15) is 0 Å². The van der Waals surface area contributed by atoms with Crippen molar-refractivity contribution in [3.05, 3.63) is 0 Å². The normalized spacial score (nSPS) is 27.0. The number of hydrogen-bond acceptors (Lipinski definition) is 4. The summed E-state index contributed by atoms with van der Waals surface area (Å²) in [6.07, 6.45) is 3.09. The summed E-state index contributed by atoms with van der Waals surface area (Å²) in [4.78, 5) is 37.6. The molecule has 1 spiro atoms. The summed E-state index contributed by atoms with van der Waals surface area (Å²) in [5, 5.41) is 5.42. The van der Waals surface area contributed by atoms with Crippen LogP contribution in [0.15, 0.2) is 0 Å². The van der Waals surface area contributed by atoms with E-state index >= 15 is 0 Å². The number of rotatable bonds is 4. The first-order chi connectivity index (χ1) is 10.7.